The lowest BCUT2D eigenvalue weighted by Crippen LogP contribution is -2.27. The zero-order valence-electron chi connectivity index (χ0n) is 14.5. The predicted octanol–water partition coefficient (Wildman–Crippen LogP) is 3.49. The number of furan rings is 1. The molecular weight excluding hydrogens is 372 g/mol. The Labute approximate surface area is 160 Å². The van der Waals surface area contributed by atoms with Crippen molar-refractivity contribution in [2.24, 2.45) is 7.05 Å². The molecule has 3 rings (SSSR count). The Hall–Kier alpha value is -2.25. The molecular formula is C18H19ClN4O2S. The van der Waals surface area contributed by atoms with E-state index in [9.17, 15) is 4.79 Å². The van der Waals surface area contributed by atoms with Gasteiger partial charge in [0.25, 0.3) is 0 Å². The molecule has 0 atom stereocenters. The van der Waals surface area contributed by atoms with E-state index in [4.69, 9.17) is 16.0 Å². The Balaban J connectivity index is 1.49. The normalized spacial score (nSPS) is 10.9. The quantitative estimate of drug-likeness (QED) is 0.625. The second-order valence-corrected chi connectivity index (χ2v) is 7.15. The second kappa shape index (κ2) is 8.42. The van der Waals surface area contributed by atoms with Crippen LogP contribution in [0.2, 0.25) is 5.02 Å². The van der Waals surface area contributed by atoms with Gasteiger partial charge in [0.15, 0.2) is 11.0 Å². The van der Waals surface area contributed by atoms with Gasteiger partial charge < -0.3 is 14.3 Å². The van der Waals surface area contributed by atoms with Crippen LogP contribution in [0.3, 0.4) is 0 Å². The van der Waals surface area contributed by atoms with E-state index in [1.54, 1.807) is 6.26 Å². The number of rotatable bonds is 7. The van der Waals surface area contributed by atoms with Crippen LogP contribution < -0.4 is 5.32 Å². The van der Waals surface area contributed by atoms with Gasteiger partial charge in [0.2, 0.25) is 5.91 Å². The van der Waals surface area contributed by atoms with E-state index in [-0.39, 0.29) is 11.7 Å². The Bertz CT molecular complexity index is 906. The molecule has 2 heterocycles. The van der Waals surface area contributed by atoms with E-state index in [0.717, 1.165) is 29.1 Å². The van der Waals surface area contributed by atoms with Gasteiger partial charge in [0.1, 0.15) is 5.76 Å². The Morgan fingerprint density at radius 2 is 2.19 bits per heavy atom. The van der Waals surface area contributed by atoms with Gasteiger partial charge in [-0.3, -0.25) is 4.79 Å². The van der Waals surface area contributed by atoms with Crippen LogP contribution >= 0.6 is 23.4 Å². The summed E-state index contributed by atoms with van der Waals surface area (Å²) in [6.45, 7) is 2.45. The standard InChI is InChI=1S/C18H19ClN4O2S/c1-12-15(7-9-25-12)17-21-22-18(23(17)2)26-11-16(24)20-8-6-13-4-3-5-14(19)10-13/h3-5,7,9-10H,6,8,11H2,1-2H3,(H,20,24). The molecule has 0 aliphatic carbocycles. The van der Waals surface area contributed by atoms with Gasteiger partial charge in [-0.15, -0.1) is 10.2 Å². The average Bonchev–Trinajstić information content (AvgIpc) is 3.18. The molecule has 6 nitrogen and oxygen atoms in total. The van der Waals surface area contributed by atoms with E-state index >= 15 is 0 Å². The minimum absolute atomic E-state index is 0.0407. The first-order valence-corrected chi connectivity index (χ1v) is 9.48. The van der Waals surface area contributed by atoms with Gasteiger partial charge in [-0.25, -0.2) is 0 Å². The van der Waals surface area contributed by atoms with Gasteiger partial charge in [0.05, 0.1) is 17.6 Å². The zero-order valence-corrected chi connectivity index (χ0v) is 16.1. The number of carbonyl (C=O) groups excluding carboxylic acids is 1. The number of carbonyl (C=O) groups is 1. The number of nitrogens with one attached hydrogen (secondary N) is 1. The van der Waals surface area contributed by atoms with E-state index in [2.05, 4.69) is 15.5 Å². The van der Waals surface area contributed by atoms with Crippen molar-refractivity contribution in [1.29, 1.82) is 0 Å². The number of thioether (sulfide) groups is 1. The summed E-state index contributed by atoms with van der Waals surface area (Å²) in [7, 11) is 1.88. The lowest BCUT2D eigenvalue weighted by Gasteiger charge is -2.06. The maximum atomic E-state index is 12.0. The predicted molar refractivity (Wildman–Crippen MR) is 102 cm³/mol. The summed E-state index contributed by atoms with van der Waals surface area (Å²) in [5, 5.41) is 12.7. The van der Waals surface area contributed by atoms with E-state index in [1.165, 1.54) is 11.8 Å². The third-order valence-electron chi connectivity index (χ3n) is 3.89. The highest BCUT2D eigenvalue weighted by Crippen LogP contribution is 2.25. The molecule has 1 N–H and O–H groups in total. The number of nitrogens with zero attached hydrogens (tertiary/aromatic N) is 3. The number of aryl methyl sites for hydroxylation is 1. The first kappa shape index (κ1) is 18.5. The molecule has 0 radical (unpaired) electrons. The zero-order chi connectivity index (χ0) is 18.5. The Morgan fingerprint density at radius 1 is 1.35 bits per heavy atom. The largest absolute Gasteiger partial charge is 0.469 e. The van der Waals surface area contributed by atoms with Crippen molar-refractivity contribution in [1.82, 2.24) is 20.1 Å². The van der Waals surface area contributed by atoms with Crippen LogP contribution in [0.1, 0.15) is 11.3 Å². The number of benzene rings is 1. The fourth-order valence-corrected chi connectivity index (χ4v) is 3.47. The van der Waals surface area contributed by atoms with Crippen molar-refractivity contribution in [3.8, 4) is 11.4 Å². The van der Waals surface area contributed by atoms with E-state index in [0.29, 0.717) is 16.7 Å². The fourth-order valence-electron chi connectivity index (χ4n) is 2.51. The summed E-state index contributed by atoms with van der Waals surface area (Å²) in [4.78, 5) is 12.0. The summed E-state index contributed by atoms with van der Waals surface area (Å²) in [6.07, 6.45) is 2.37. The molecule has 0 unspecified atom stereocenters. The lowest BCUT2D eigenvalue weighted by molar-refractivity contribution is -0.118. The number of hydrogen-bond donors (Lipinski definition) is 1. The molecule has 3 aromatic rings. The number of amides is 1. The van der Waals surface area contributed by atoms with Crippen LogP contribution in [0.25, 0.3) is 11.4 Å². The molecule has 0 aliphatic heterocycles. The summed E-state index contributed by atoms with van der Waals surface area (Å²) in [5.74, 6) is 1.75. The van der Waals surface area contributed by atoms with E-state index in [1.807, 2.05) is 48.9 Å². The Morgan fingerprint density at radius 3 is 2.92 bits per heavy atom. The molecule has 0 saturated carbocycles. The van der Waals surface area contributed by atoms with Gasteiger partial charge in [-0.2, -0.15) is 0 Å². The van der Waals surface area contributed by atoms with Crippen molar-refractivity contribution < 1.29 is 9.21 Å². The molecule has 0 aliphatic rings. The SMILES string of the molecule is Cc1occc1-c1nnc(SCC(=O)NCCc2cccc(Cl)c2)n1C. The number of halogens is 1. The van der Waals surface area contributed by atoms with Crippen molar-refractivity contribution in [3.05, 3.63) is 52.9 Å². The van der Waals surface area contributed by atoms with Crippen molar-refractivity contribution in [3.63, 3.8) is 0 Å². The minimum atomic E-state index is -0.0407. The maximum Gasteiger partial charge on any atom is 0.230 e. The van der Waals surface area contributed by atoms with Crippen molar-refractivity contribution >= 4 is 29.3 Å². The van der Waals surface area contributed by atoms with Crippen LogP contribution in [0, 0.1) is 6.92 Å². The maximum absolute atomic E-state index is 12.0. The van der Waals surface area contributed by atoms with Gasteiger partial charge in [-0.05, 0) is 37.1 Å². The molecule has 136 valence electrons. The highest BCUT2D eigenvalue weighted by Gasteiger charge is 2.15. The Kier molecular flexibility index (Phi) is 6.00. The monoisotopic (exact) mass is 390 g/mol. The molecule has 0 saturated heterocycles. The molecule has 26 heavy (non-hydrogen) atoms. The van der Waals surface area contributed by atoms with Crippen molar-refractivity contribution in [2.45, 2.75) is 18.5 Å². The summed E-state index contributed by atoms with van der Waals surface area (Å²) >= 11 is 7.31. The average molecular weight is 391 g/mol. The van der Waals surface area contributed by atoms with Crippen molar-refractivity contribution in [2.75, 3.05) is 12.3 Å². The van der Waals surface area contributed by atoms with Crippen LogP contribution in [0.5, 0.6) is 0 Å². The first-order valence-electron chi connectivity index (χ1n) is 8.12. The molecule has 2 aromatic heterocycles. The van der Waals surface area contributed by atoms with Crippen LogP contribution in [0.15, 0.2) is 46.2 Å². The fraction of sp³-hybridized carbons (Fsp3) is 0.278. The number of aromatic nitrogens is 3. The summed E-state index contributed by atoms with van der Waals surface area (Å²) in [5.41, 5.74) is 2.00. The second-order valence-electron chi connectivity index (χ2n) is 5.77. The van der Waals surface area contributed by atoms with Gasteiger partial charge >= 0.3 is 0 Å². The van der Waals surface area contributed by atoms with Crippen LogP contribution in [0.4, 0.5) is 0 Å². The number of hydrogen-bond acceptors (Lipinski definition) is 5. The molecule has 1 amide bonds. The smallest absolute Gasteiger partial charge is 0.230 e. The minimum Gasteiger partial charge on any atom is -0.469 e. The van der Waals surface area contributed by atoms with Gasteiger partial charge in [0, 0.05) is 18.6 Å². The summed E-state index contributed by atoms with van der Waals surface area (Å²) in [6, 6.07) is 9.49. The molecule has 0 spiro atoms. The van der Waals surface area contributed by atoms with Crippen LogP contribution in [-0.4, -0.2) is 33.0 Å². The van der Waals surface area contributed by atoms with Crippen LogP contribution in [-0.2, 0) is 18.3 Å². The van der Waals surface area contributed by atoms with Gasteiger partial charge in [-0.1, -0.05) is 35.5 Å². The first-order chi connectivity index (χ1) is 12.5. The van der Waals surface area contributed by atoms with E-state index < -0.39 is 0 Å². The highest BCUT2D eigenvalue weighted by molar-refractivity contribution is 7.99. The summed E-state index contributed by atoms with van der Waals surface area (Å²) < 4.78 is 7.17. The molecule has 1 aromatic carbocycles. The lowest BCUT2D eigenvalue weighted by atomic mass is 10.1. The third kappa shape index (κ3) is 4.47. The highest BCUT2D eigenvalue weighted by atomic mass is 35.5. The molecule has 0 bridgehead atoms. The third-order valence-corrected chi connectivity index (χ3v) is 5.15. The molecule has 0 fully saturated rings. The topological polar surface area (TPSA) is 72.9 Å². The molecule has 8 heteroatoms.